The summed E-state index contributed by atoms with van der Waals surface area (Å²) in [6.45, 7) is 2.82. The second kappa shape index (κ2) is 7.79. The van der Waals surface area contributed by atoms with Crippen molar-refractivity contribution in [1.29, 1.82) is 0 Å². The maximum atomic E-state index is 11.5. The van der Waals surface area contributed by atoms with Gasteiger partial charge in [0.2, 0.25) is 5.91 Å². The molecular weight excluding hydrogens is 216 g/mol. The molecule has 0 aromatic carbocycles. The van der Waals surface area contributed by atoms with Crippen LogP contribution in [0.15, 0.2) is 24.5 Å². The summed E-state index contributed by atoms with van der Waals surface area (Å²) >= 11 is 0. The summed E-state index contributed by atoms with van der Waals surface area (Å²) in [5.74, 6) is 0.376. The van der Waals surface area contributed by atoms with Crippen LogP contribution in [0.4, 0.5) is 0 Å². The van der Waals surface area contributed by atoms with Gasteiger partial charge in [-0.05, 0) is 30.4 Å². The average Bonchev–Trinajstić information content (AvgIpc) is 2.35. The highest BCUT2D eigenvalue weighted by Crippen LogP contribution is 2.01. The first-order valence-electron chi connectivity index (χ1n) is 5.99. The van der Waals surface area contributed by atoms with Crippen LogP contribution in [0.1, 0.15) is 25.3 Å². The molecule has 0 radical (unpaired) electrons. The van der Waals surface area contributed by atoms with E-state index in [4.69, 9.17) is 5.11 Å². The molecule has 0 bridgehead atoms. The van der Waals surface area contributed by atoms with Gasteiger partial charge in [0.1, 0.15) is 0 Å². The predicted molar refractivity (Wildman–Crippen MR) is 66.4 cm³/mol. The lowest BCUT2D eigenvalue weighted by Crippen LogP contribution is -2.28. The van der Waals surface area contributed by atoms with Crippen molar-refractivity contribution in [2.45, 2.75) is 26.2 Å². The van der Waals surface area contributed by atoms with Crippen LogP contribution in [-0.2, 0) is 11.2 Å². The van der Waals surface area contributed by atoms with Crippen LogP contribution < -0.4 is 5.32 Å². The Balaban J connectivity index is 2.17. The number of rotatable bonds is 7. The molecule has 0 saturated heterocycles. The van der Waals surface area contributed by atoms with Crippen molar-refractivity contribution in [2.75, 3.05) is 13.2 Å². The summed E-state index contributed by atoms with van der Waals surface area (Å²) in [5.41, 5.74) is 1.08. The number of pyridine rings is 1. The van der Waals surface area contributed by atoms with Gasteiger partial charge < -0.3 is 10.4 Å². The third-order valence-corrected chi connectivity index (χ3v) is 2.63. The van der Waals surface area contributed by atoms with E-state index in [1.807, 2.05) is 19.1 Å². The minimum atomic E-state index is 0.0543. The van der Waals surface area contributed by atoms with Crippen LogP contribution in [0.3, 0.4) is 0 Å². The van der Waals surface area contributed by atoms with Gasteiger partial charge in [-0.3, -0.25) is 9.78 Å². The summed E-state index contributed by atoms with van der Waals surface area (Å²) < 4.78 is 0. The molecular formula is C13H20N2O2. The van der Waals surface area contributed by atoms with E-state index in [2.05, 4.69) is 10.3 Å². The number of carbonyl (C=O) groups is 1. The molecule has 1 unspecified atom stereocenters. The first-order chi connectivity index (χ1) is 8.22. The monoisotopic (exact) mass is 236 g/mol. The number of nitrogens with zero attached hydrogens (tertiary/aromatic N) is 1. The number of hydrogen-bond donors (Lipinski definition) is 2. The largest absolute Gasteiger partial charge is 0.396 e. The zero-order valence-electron chi connectivity index (χ0n) is 10.2. The minimum absolute atomic E-state index is 0.0543. The fourth-order valence-corrected chi connectivity index (χ4v) is 1.50. The van der Waals surface area contributed by atoms with Crippen molar-refractivity contribution in [3.05, 3.63) is 30.1 Å². The van der Waals surface area contributed by atoms with Crippen molar-refractivity contribution in [2.24, 2.45) is 5.92 Å². The van der Waals surface area contributed by atoms with E-state index in [0.717, 1.165) is 12.0 Å². The summed E-state index contributed by atoms with van der Waals surface area (Å²) in [6.07, 6.45) is 5.43. The van der Waals surface area contributed by atoms with E-state index in [1.54, 1.807) is 12.4 Å². The molecule has 94 valence electrons. The van der Waals surface area contributed by atoms with Gasteiger partial charge in [-0.25, -0.2) is 0 Å². The molecule has 0 saturated carbocycles. The number of carbonyl (C=O) groups excluding carboxylic acids is 1. The van der Waals surface area contributed by atoms with Crippen LogP contribution in [-0.4, -0.2) is 29.1 Å². The molecule has 1 aromatic rings. The molecule has 1 atom stereocenters. The molecule has 4 nitrogen and oxygen atoms in total. The van der Waals surface area contributed by atoms with E-state index in [9.17, 15) is 4.79 Å². The topological polar surface area (TPSA) is 62.2 Å². The van der Waals surface area contributed by atoms with Gasteiger partial charge in [0.25, 0.3) is 0 Å². The van der Waals surface area contributed by atoms with Gasteiger partial charge in [0, 0.05) is 32.0 Å². The highest BCUT2D eigenvalue weighted by molar-refractivity contribution is 5.76. The number of nitrogens with one attached hydrogen (secondary N) is 1. The van der Waals surface area contributed by atoms with Gasteiger partial charge in [0.15, 0.2) is 0 Å². The van der Waals surface area contributed by atoms with Crippen LogP contribution in [0.5, 0.6) is 0 Å². The van der Waals surface area contributed by atoms with Crippen LogP contribution in [0, 0.1) is 5.92 Å². The zero-order valence-corrected chi connectivity index (χ0v) is 10.2. The van der Waals surface area contributed by atoms with E-state index in [0.29, 0.717) is 25.3 Å². The Bertz CT molecular complexity index is 327. The number of aliphatic hydroxyl groups is 1. The number of hydrogen-bond acceptors (Lipinski definition) is 3. The van der Waals surface area contributed by atoms with Crippen molar-refractivity contribution in [1.82, 2.24) is 10.3 Å². The number of aliphatic hydroxyl groups excluding tert-OH is 1. The normalized spacial score (nSPS) is 12.1. The summed E-state index contributed by atoms with van der Waals surface area (Å²) in [7, 11) is 0. The molecule has 1 rings (SSSR count). The lowest BCUT2D eigenvalue weighted by Gasteiger charge is -2.10. The molecule has 17 heavy (non-hydrogen) atoms. The smallest absolute Gasteiger partial charge is 0.220 e. The number of amides is 1. The van der Waals surface area contributed by atoms with Gasteiger partial charge in [-0.1, -0.05) is 13.0 Å². The van der Waals surface area contributed by atoms with E-state index in [1.165, 1.54) is 0 Å². The Morgan fingerprint density at radius 3 is 3.06 bits per heavy atom. The summed E-state index contributed by atoms with van der Waals surface area (Å²) in [4.78, 5) is 15.5. The lowest BCUT2D eigenvalue weighted by molar-refractivity contribution is -0.121. The predicted octanol–water partition coefficient (Wildman–Crippen LogP) is 1.15. The van der Waals surface area contributed by atoms with Gasteiger partial charge >= 0.3 is 0 Å². The molecule has 1 amide bonds. The molecule has 4 heteroatoms. The summed E-state index contributed by atoms with van der Waals surface area (Å²) in [5, 5.41) is 11.6. The van der Waals surface area contributed by atoms with Gasteiger partial charge in [-0.2, -0.15) is 0 Å². The van der Waals surface area contributed by atoms with E-state index in [-0.39, 0.29) is 12.5 Å². The Morgan fingerprint density at radius 2 is 2.41 bits per heavy atom. The van der Waals surface area contributed by atoms with Crippen LogP contribution in [0.2, 0.25) is 0 Å². The lowest BCUT2D eigenvalue weighted by atomic mass is 10.1. The fourth-order valence-electron chi connectivity index (χ4n) is 1.50. The Kier molecular flexibility index (Phi) is 6.25. The second-order valence-corrected chi connectivity index (χ2v) is 4.28. The zero-order chi connectivity index (χ0) is 12.5. The molecule has 0 aliphatic carbocycles. The van der Waals surface area contributed by atoms with Crippen molar-refractivity contribution in [3.63, 3.8) is 0 Å². The number of aryl methyl sites for hydroxylation is 1. The summed E-state index contributed by atoms with van der Waals surface area (Å²) in [6, 6.07) is 3.84. The molecule has 1 heterocycles. The highest BCUT2D eigenvalue weighted by atomic mass is 16.3. The molecule has 0 fully saturated rings. The molecule has 1 aromatic heterocycles. The Labute approximate surface area is 102 Å². The first kappa shape index (κ1) is 13.6. The molecule has 2 N–H and O–H groups in total. The van der Waals surface area contributed by atoms with Crippen molar-refractivity contribution < 1.29 is 9.90 Å². The standard InChI is InChI=1S/C13H20N2O2/c1-11(6-8-16)9-15-13(17)5-4-12-3-2-7-14-10-12/h2-3,7,10-11,16H,4-6,8-9H2,1H3,(H,15,17). The van der Waals surface area contributed by atoms with Crippen LogP contribution >= 0.6 is 0 Å². The number of aromatic nitrogens is 1. The SMILES string of the molecule is CC(CCO)CNC(=O)CCc1cccnc1. The average molecular weight is 236 g/mol. The van der Waals surface area contributed by atoms with Crippen molar-refractivity contribution in [3.8, 4) is 0 Å². The molecule has 0 spiro atoms. The first-order valence-corrected chi connectivity index (χ1v) is 5.99. The highest BCUT2D eigenvalue weighted by Gasteiger charge is 2.05. The van der Waals surface area contributed by atoms with Crippen molar-refractivity contribution >= 4 is 5.91 Å². The minimum Gasteiger partial charge on any atom is -0.396 e. The molecule has 0 aliphatic heterocycles. The van der Waals surface area contributed by atoms with E-state index >= 15 is 0 Å². The molecule has 0 aliphatic rings. The van der Waals surface area contributed by atoms with Gasteiger partial charge in [0.05, 0.1) is 0 Å². The maximum absolute atomic E-state index is 11.5. The Morgan fingerprint density at radius 1 is 1.59 bits per heavy atom. The van der Waals surface area contributed by atoms with E-state index < -0.39 is 0 Å². The second-order valence-electron chi connectivity index (χ2n) is 4.28. The fraction of sp³-hybridized carbons (Fsp3) is 0.538. The third kappa shape index (κ3) is 6.02. The Hall–Kier alpha value is -1.42. The quantitative estimate of drug-likeness (QED) is 0.746. The van der Waals surface area contributed by atoms with Crippen LogP contribution in [0.25, 0.3) is 0 Å². The van der Waals surface area contributed by atoms with Gasteiger partial charge in [-0.15, -0.1) is 0 Å². The third-order valence-electron chi connectivity index (χ3n) is 2.63. The maximum Gasteiger partial charge on any atom is 0.220 e.